The number of nitrogens with one attached hydrogen (secondary N) is 1. The molecule has 0 saturated heterocycles. The van der Waals surface area contributed by atoms with Gasteiger partial charge in [0.1, 0.15) is 5.75 Å². The van der Waals surface area contributed by atoms with Crippen LogP contribution in [0.15, 0.2) is 35.3 Å². The molecule has 2 aromatic rings. The maximum Gasteiger partial charge on any atom is 0.310 e. The minimum absolute atomic E-state index is 0.0279. The number of hydrogen-bond donors (Lipinski definition) is 1. The summed E-state index contributed by atoms with van der Waals surface area (Å²) in [4.78, 5) is 24.0. The molecule has 1 aliphatic rings. The summed E-state index contributed by atoms with van der Waals surface area (Å²) in [5, 5.41) is 0. The predicted octanol–water partition coefficient (Wildman–Crippen LogP) is 1.55. The molecule has 3 rings (SSSR count). The quantitative estimate of drug-likeness (QED) is 0.844. The SMILES string of the molecule is COC(=O)Cc1c(C)ccn(NCc2ccc3c(c2)CCO3)c1=O. The molecule has 126 valence electrons. The van der Waals surface area contributed by atoms with Gasteiger partial charge in [-0.25, -0.2) is 4.68 Å². The number of fused-ring (bicyclic) bond motifs is 1. The lowest BCUT2D eigenvalue weighted by atomic mass is 10.1. The molecule has 0 spiro atoms. The van der Waals surface area contributed by atoms with Crippen LogP contribution in [0.3, 0.4) is 0 Å². The molecule has 1 aliphatic heterocycles. The average Bonchev–Trinajstić information content (AvgIpc) is 3.05. The topological polar surface area (TPSA) is 69.6 Å². The summed E-state index contributed by atoms with van der Waals surface area (Å²) >= 11 is 0. The number of carbonyl (C=O) groups is 1. The first-order chi connectivity index (χ1) is 11.6. The van der Waals surface area contributed by atoms with Crippen LogP contribution >= 0.6 is 0 Å². The van der Waals surface area contributed by atoms with E-state index in [1.165, 1.54) is 17.3 Å². The Morgan fingerprint density at radius 3 is 3.00 bits per heavy atom. The molecule has 0 bridgehead atoms. The van der Waals surface area contributed by atoms with Crippen molar-refractivity contribution in [2.45, 2.75) is 26.3 Å². The zero-order valence-corrected chi connectivity index (χ0v) is 13.8. The normalized spacial score (nSPS) is 12.4. The highest BCUT2D eigenvalue weighted by atomic mass is 16.5. The van der Waals surface area contributed by atoms with Crippen molar-refractivity contribution in [2.75, 3.05) is 19.1 Å². The van der Waals surface area contributed by atoms with Crippen molar-refractivity contribution in [1.82, 2.24) is 4.68 Å². The van der Waals surface area contributed by atoms with Crippen LogP contribution in [0.25, 0.3) is 0 Å². The number of nitrogens with zero attached hydrogens (tertiary/aromatic N) is 1. The number of aromatic nitrogens is 1. The van der Waals surface area contributed by atoms with Gasteiger partial charge in [-0.1, -0.05) is 12.1 Å². The first-order valence-electron chi connectivity index (χ1n) is 7.85. The molecule has 1 aromatic carbocycles. The molecule has 6 heteroatoms. The van der Waals surface area contributed by atoms with E-state index in [2.05, 4.69) is 16.2 Å². The molecular weight excluding hydrogens is 308 g/mol. The van der Waals surface area contributed by atoms with Crippen LogP contribution < -0.4 is 15.7 Å². The molecule has 24 heavy (non-hydrogen) atoms. The number of methoxy groups -OCH3 is 1. The fraction of sp³-hybridized carbons (Fsp3) is 0.333. The Morgan fingerprint density at radius 2 is 2.21 bits per heavy atom. The van der Waals surface area contributed by atoms with Crippen LogP contribution in [-0.4, -0.2) is 24.4 Å². The minimum atomic E-state index is -0.424. The van der Waals surface area contributed by atoms with E-state index < -0.39 is 5.97 Å². The van der Waals surface area contributed by atoms with Gasteiger partial charge in [0.2, 0.25) is 0 Å². The molecule has 1 aromatic heterocycles. The van der Waals surface area contributed by atoms with Crippen LogP contribution in [0.4, 0.5) is 0 Å². The second-order valence-corrected chi connectivity index (χ2v) is 5.78. The zero-order chi connectivity index (χ0) is 17.1. The van der Waals surface area contributed by atoms with Crippen molar-refractivity contribution in [2.24, 2.45) is 0 Å². The largest absolute Gasteiger partial charge is 0.493 e. The van der Waals surface area contributed by atoms with Crippen LogP contribution in [0.5, 0.6) is 5.75 Å². The molecular formula is C18H20N2O4. The minimum Gasteiger partial charge on any atom is -0.493 e. The number of carbonyl (C=O) groups excluding carboxylic acids is 1. The van der Waals surface area contributed by atoms with E-state index in [9.17, 15) is 9.59 Å². The van der Waals surface area contributed by atoms with Gasteiger partial charge in [-0.2, -0.15) is 0 Å². The summed E-state index contributed by atoms with van der Waals surface area (Å²) in [6, 6.07) is 7.83. The second kappa shape index (κ2) is 6.78. The molecule has 0 atom stereocenters. The van der Waals surface area contributed by atoms with Crippen molar-refractivity contribution < 1.29 is 14.3 Å². The van der Waals surface area contributed by atoms with E-state index in [4.69, 9.17) is 4.74 Å². The Hall–Kier alpha value is -2.76. The van der Waals surface area contributed by atoms with Gasteiger partial charge in [0.15, 0.2) is 0 Å². The highest BCUT2D eigenvalue weighted by molar-refractivity contribution is 5.72. The van der Waals surface area contributed by atoms with Gasteiger partial charge in [0.25, 0.3) is 5.56 Å². The second-order valence-electron chi connectivity index (χ2n) is 5.78. The van der Waals surface area contributed by atoms with E-state index in [-0.39, 0.29) is 12.0 Å². The third-order valence-electron chi connectivity index (χ3n) is 4.18. The summed E-state index contributed by atoms with van der Waals surface area (Å²) in [5.41, 5.74) is 6.34. The van der Waals surface area contributed by atoms with E-state index >= 15 is 0 Å². The number of hydrogen-bond acceptors (Lipinski definition) is 5. The lowest BCUT2D eigenvalue weighted by Crippen LogP contribution is -2.32. The van der Waals surface area contributed by atoms with Gasteiger partial charge in [-0.05, 0) is 35.7 Å². The number of benzene rings is 1. The van der Waals surface area contributed by atoms with Gasteiger partial charge in [-0.3, -0.25) is 9.59 Å². The predicted molar refractivity (Wildman–Crippen MR) is 89.9 cm³/mol. The molecule has 1 N–H and O–H groups in total. The fourth-order valence-electron chi connectivity index (χ4n) is 2.75. The number of esters is 1. The highest BCUT2D eigenvalue weighted by Gasteiger charge is 2.14. The molecule has 0 amide bonds. The Balaban J connectivity index is 1.77. The molecule has 0 fully saturated rings. The number of rotatable bonds is 5. The van der Waals surface area contributed by atoms with Crippen LogP contribution in [0.2, 0.25) is 0 Å². The first-order valence-corrected chi connectivity index (χ1v) is 7.85. The number of ether oxygens (including phenoxy) is 2. The summed E-state index contributed by atoms with van der Waals surface area (Å²) in [6.07, 6.45) is 2.56. The molecule has 0 radical (unpaired) electrons. The molecule has 0 aliphatic carbocycles. The summed E-state index contributed by atoms with van der Waals surface area (Å²) in [5.74, 6) is 0.512. The molecule has 6 nitrogen and oxygen atoms in total. The lowest BCUT2D eigenvalue weighted by molar-refractivity contribution is -0.139. The Labute approximate surface area is 140 Å². The van der Waals surface area contributed by atoms with Crippen molar-refractivity contribution >= 4 is 5.97 Å². The van der Waals surface area contributed by atoms with Crippen molar-refractivity contribution in [3.63, 3.8) is 0 Å². The third-order valence-corrected chi connectivity index (χ3v) is 4.18. The van der Waals surface area contributed by atoms with Crippen LogP contribution in [-0.2, 0) is 28.9 Å². The highest BCUT2D eigenvalue weighted by Crippen LogP contribution is 2.25. The van der Waals surface area contributed by atoms with Gasteiger partial charge < -0.3 is 14.9 Å². The molecule has 0 unspecified atom stereocenters. The summed E-state index contributed by atoms with van der Waals surface area (Å²) in [6.45, 7) is 3.04. The number of aryl methyl sites for hydroxylation is 1. The van der Waals surface area contributed by atoms with Gasteiger partial charge in [-0.15, -0.1) is 0 Å². The van der Waals surface area contributed by atoms with Crippen molar-refractivity contribution in [1.29, 1.82) is 0 Å². The van der Waals surface area contributed by atoms with Crippen LogP contribution in [0, 0.1) is 6.92 Å². The van der Waals surface area contributed by atoms with E-state index in [0.29, 0.717) is 12.1 Å². The Morgan fingerprint density at radius 1 is 1.38 bits per heavy atom. The van der Waals surface area contributed by atoms with E-state index in [1.807, 2.05) is 25.1 Å². The smallest absolute Gasteiger partial charge is 0.310 e. The van der Waals surface area contributed by atoms with E-state index in [0.717, 1.165) is 29.9 Å². The zero-order valence-electron chi connectivity index (χ0n) is 13.8. The monoisotopic (exact) mass is 328 g/mol. The van der Waals surface area contributed by atoms with Crippen molar-refractivity contribution in [3.8, 4) is 5.75 Å². The van der Waals surface area contributed by atoms with Gasteiger partial charge in [0, 0.05) is 18.2 Å². The summed E-state index contributed by atoms with van der Waals surface area (Å²) < 4.78 is 11.6. The first kappa shape index (κ1) is 16.1. The van der Waals surface area contributed by atoms with Gasteiger partial charge >= 0.3 is 5.97 Å². The Bertz CT molecular complexity index is 826. The number of pyridine rings is 1. The fourth-order valence-corrected chi connectivity index (χ4v) is 2.75. The molecule has 0 saturated carbocycles. The third kappa shape index (κ3) is 3.27. The van der Waals surface area contributed by atoms with Crippen LogP contribution in [0.1, 0.15) is 22.3 Å². The maximum absolute atomic E-state index is 12.5. The maximum atomic E-state index is 12.5. The average molecular weight is 328 g/mol. The lowest BCUT2D eigenvalue weighted by Gasteiger charge is -2.13. The van der Waals surface area contributed by atoms with E-state index in [1.54, 1.807) is 6.20 Å². The van der Waals surface area contributed by atoms with Gasteiger partial charge in [0.05, 0.1) is 26.7 Å². The van der Waals surface area contributed by atoms with Crippen molar-refractivity contribution in [3.05, 3.63) is 63.1 Å². The summed E-state index contributed by atoms with van der Waals surface area (Å²) in [7, 11) is 1.31. The molecule has 2 heterocycles. The Kier molecular flexibility index (Phi) is 4.55. The standard InChI is InChI=1S/C18H20N2O4/c1-12-5-7-20(18(22)15(12)10-17(21)23-2)19-11-13-3-4-16-14(9-13)6-8-24-16/h3-5,7,9,19H,6,8,10-11H2,1-2H3.